The van der Waals surface area contributed by atoms with E-state index in [4.69, 9.17) is 18.9 Å². The van der Waals surface area contributed by atoms with Gasteiger partial charge in [-0.25, -0.2) is 0 Å². The van der Waals surface area contributed by atoms with E-state index in [-0.39, 0.29) is 12.3 Å². The monoisotopic (exact) mass is 385 g/mol. The smallest absolute Gasteiger partial charge is 0.311 e. The summed E-state index contributed by atoms with van der Waals surface area (Å²) in [6, 6.07) is 12.7. The van der Waals surface area contributed by atoms with Crippen LogP contribution < -0.4 is 19.5 Å². The maximum absolute atomic E-state index is 12.2. The molecule has 2 aromatic rings. The van der Waals surface area contributed by atoms with E-state index in [0.717, 1.165) is 16.9 Å². The summed E-state index contributed by atoms with van der Waals surface area (Å²) in [7, 11) is 1.60. The Hall–Kier alpha value is -3.22. The molecule has 2 aromatic carbocycles. The molecule has 1 aliphatic rings. The second-order valence-electron chi connectivity index (χ2n) is 6.35. The average Bonchev–Trinajstić information content (AvgIpc) is 2.72. The van der Waals surface area contributed by atoms with Crippen molar-refractivity contribution in [2.75, 3.05) is 20.3 Å². The van der Waals surface area contributed by atoms with Gasteiger partial charge < -0.3 is 24.3 Å². The van der Waals surface area contributed by atoms with E-state index in [0.29, 0.717) is 31.3 Å². The number of rotatable bonds is 7. The van der Waals surface area contributed by atoms with Gasteiger partial charge in [0.25, 0.3) is 5.91 Å². The van der Waals surface area contributed by atoms with Gasteiger partial charge >= 0.3 is 5.97 Å². The lowest BCUT2D eigenvalue weighted by molar-refractivity contribution is -0.154. The van der Waals surface area contributed by atoms with Crippen LogP contribution >= 0.6 is 0 Å². The molecule has 1 heterocycles. The van der Waals surface area contributed by atoms with E-state index in [2.05, 4.69) is 5.32 Å². The zero-order chi connectivity index (χ0) is 19.9. The summed E-state index contributed by atoms with van der Waals surface area (Å²) in [4.78, 5) is 24.3. The second kappa shape index (κ2) is 9.12. The minimum absolute atomic E-state index is 0.0484. The van der Waals surface area contributed by atoms with Gasteiger partial charge in [-0.05, 0) is 42.3 Å². The summed E-state index contributed by atoms with van der Waals surface area (Å²) >= 11 is 0. The van der Waals surface area contributed by atoms with Crippen molar-refractivity contribution >= 4 is 11.9 Å². The Morgan fingerprint density at radius 2 is 1.71 bits per heavy atom. The first-order chi connectivity index (χ1) is 13.5. The highest BCUT2D eigenvalue weighted by atomic mass is 16.6. The van der Waals surface area contributed by atoms with E-state index in [9.17, 15) is 9.59 Å². The molecule has 1 amide bonds. The zero-order valence-corrected chi connectivity index (χ0v) is 15.9. The van der Waals surface area contributed by atoms with E-state index >= 15 is 0 Å². The Balaban J connectivity index is 1.47. The summed E-state index contributed by atoms with van der Waals surface area (Å²) in [5, 5.41) is 2.75. The maximum Gasteiger partial charge on any atom is 0.311 e. The molecule has 1 atom stereocenters. The molecule has 0 aromatic heterocycles. The molecule has 1 aliphatic heterocycles. The van der Waals surface area contributed by atoms with Crippen molar-refractivity contribution in [2.45, 2.75) is 26.0 Å². The zero-order valence-electron chi connectivity index (χ0n) is 15.9. The molecule has 0 saturated heterocycles. The molecule has 0 saturated carbocycles. The molecular formula is C21H23NO6. The van der Waals surface area contributed by atoms with Crippen molar-refractivity contribution in [2.24, 2.45) is 0 Å². The Bertz CT molecular complexity index is 833. The number of amides is 1. The summed E-state index contributed by atoms with van der Waals surface area (Å²) < 4.78 is 21.3. The first-order valence-corrected chi connectivity index (χ1v) is 9.04. The largest absolute Gasteiger partial charge is 0.497 e. The molecule has 3 rings (SSSR count). The van der Waals surface area contributed by atoms with E-state index in [1.54, 1.807) is 32.2 Å². The third-order valence-corrected chi connectivity index (χ3v) is 4.26. The number of carbonyl (C=O) groups excluding carboxylic acids is 2. The van der Waals surface area contributed by atoms with Crippen LogP contribution in [0.15, 0.2) is 42.5 Å². The van der Waals surface area contributed by atoms with Gasteiger partial charge in [0, 0.05) is 6.54 Å². The van der Waals surface area contributed by atoms with Crippen LogP contribution in [0.2, 0.25) is 0 Å². The highest BCUT2D eigenvalue weighted by Crippen LogP contribution is 2.30. The Kier molecular flexibility index (Phi) is 6.37. The van der Waals surface area contributed by atoms with Crippen LogP contribution in [0.25, 0.3) is 0 Å². The minimum atomic E-state index is -0.886. The van der Waals surface area contributed by atoms with Gasteiger partial charge in [0.1, 0.15) is 19.0 Å². The molecule has 28 heavy (non-hydrogen) atoms. The van der Waals surface area contributed by atoms with E-state index in [1.165, 1.54) is 0 Å². The van der Waals surface area contributed by atoms with E-state index in [1.807, 2.05) is 24.3 Å². The second-order valence-corrected chi connectivity index (χ2v) is 6.35. The molecule has 0 unspecified atom stereocenters. The predicted octanol–water partition coefficient (Wildman–Crippen LogP) is 2.26. The topological polar surface area (TPSA) is 83.1 Å². The van der Waals surface area contributed by atoms with Gasteiger partial charge in [-0.1, -0.05) is 18.2 Å². The number of methoxy groups -OCH3 is 1. The molecule has 0 aliphatic carbocycles. The Labute approximate surface area is 163 Å². The van der Waals surface area contributed by atoms with Crippen LogP contribution in [0.5, 0.6) is 17.2 Å². The first-order valence-electron chi connectivity index (χ1n) is 9.04. The highest BCUT2D eigenvalue weighted by molar-refractivity contribution is 5.83. The fourth-order valence-electron chi connectivity index (χ4n) is 2.73. The van der Waals surface area contributed by atoms with Gasteiger partial charge in [-0.2, -0.15) is 0 Å². The SMILES string of the molecule is COc1ccc(CNC(=O)[C@@H](C)OC(=O)Cc2ccc3c(c2)OCCO3)cc1. The lowest BCUT2D eigenvalue weighted by Gasteiger charge is -2.19. The normalized spacial score (nSPS) is 13.4. The molecule has 0 radical (unpaired) electrons. The first kappa shape index (κ1) is 19.5. The van der Waals surface area contributed by atoms with Gasteiger partial charge in [0.2, 0.25) is 0 Å². The molecular weight excluding hydrogens is 362 g/mol. The standard InChI is InChI=1S/C21H23NO6/c1-14(21(24)22-13-15-3-6-17(25-2)7-4-15)28-20(23)12-16-5-8-18-19(11-16)27-10-9-26-18/h3-8,11,14H,9-10,12-13H2,1-2H3,(H,22,24)/t14-/m1/s1. The number of fused-ring (bicyclic) bond motifs is 1. The number of hydrogen-bond donors (Lipinski definition) is 1. The molecule has 0 spiro atoms. The number of carbonyl (C=O) groups is 2. The summed E-state index contributed by atoms with van der Waals surface area (Å²) in [6.45, 7) is 2.88. The molecule has 148 valence electrons. The molecule has 1 N–H and O–H groups in total. The van der Waals surface area contributed by atoms with Gasteiger partial charge in [-0.3, -0.25) is 9.59 Å². The van der Waals surface area contributed by atoms with Crippen molar-refractivity contribution in [3.8, 4) is 17.2 Å². The molecule has 7 nitrogen and oxygen atoms in total. The number of ether oxygens (including phenoxy) is 4. The van der Waals surface area contributed by atoms with Crippen LogP contribution in [0.3, 0.4) is 0 Å². The highest BCUT2D eigenvalue weighted by Gasteiger charge is 2.19. The van der Waals surface area contributed by atoms with Crippen molar-refractivity contribution in [1.82, 2.24) is 5.32 Å². The van der Waals surface area contributed by atoms with Crippen molar-refractivity contribution in [3.63, 3.8) is 0 Å². The van der Waals surface area contributed by atoms with Crippen LogP contribution in [-0.4, -0.2) is 38.3 Å². The predicted molar refractivity (Wildman–Crippen MR) is 102 cm³/mol. The number of nitrogens with one attached hydrogen (secondary N) is 1. The average molecular weight is 385 g/mol. The van der Waals surface area contributed by atoms with Gasteiger partial charge in [0.05, 0.1) is 13.5 Å². The molecule has 7 heteroatoms. The molecule has 0 bridgehead atoms. The minimum Gasteiger partial charge on any atom is -0.497 e. The van der Waals surface area contributed by atoms with Gasteiger partial charge in [-0.15, -0.1) is 0 Å². The Morgan fingerprint density at radius 1 is 1.04 bits per heavy atom. The lowest BCUT2D eigenvalue weighted by atomic mass is 10.1. The van der Waals surface area contributed by atoms with Crippen LogP contribution in [0.1, 0.15) is 18.1 Å². The fourth-order valence-corrected chi connectivity index (χ4v) is 2.73. The lowest BCUT2D eigenvalue weighted by Crippen LogP contribution is -2.35. The summed E-state index contributed by atoms with van der Waals surface area (Å²) in [6.07, 6.45) is -0.838. The summed E-state index contributed by atoms with van der Waals surface area (Å²) in [5.41, 5.74) is 1.66. The fraction of sp³-hybridized carbons (Fsp3) is 0.333. The van der Waals surface area contributed by atoms with Crippen LogP contribution in [0, 0.1) is 0 Å². The maximum atomic E-state index is 12.2. The number of hydrogen-bond acceptors (Lipinski definition) is 6. The quantitative estimate of drug-likeness (QED) is 0.736. The summed E-state index contributed by atoms with van der Waals surface area (Å²) in [5.74, 6) is 1.18. The van der Waals surface area contributed by atoms with E-state index < -0.39 is 12.1 Å². The van der Waals surface area contributed by atoms with Crippen LogP contribution in [0.4, 0.5) is 0 Å². The third kappa shape index (κ3) is 5.16. The van der Waals surface area contributed by atoms with Crippen molar-refractivity contribution < 1.29 is 28.5 Å². The van der Waals surface area contributed by atoms with Gasteiger partial charge in [0.15, 0.2) is 17.6 Å². The number of esters is 1. The third-order valence-electron chi connectivity index (χ3n) is 4.26. The van der Waals surface area contributed by atoms with Crippen LogP contribution in [-0.2, 0) is 27.3 Å². The Morgan fingerprint density at radius 3 is 2.43 bits per heavy atom. The molecule has 0 fully saturated rings. The van der Waals surface area contributed by atoms with Crippen molar-refractivity contribution in [1.29, 1.82) is 0 Å². The van der Waals surface area contributed by atoms with Crippen molar-refractivity contribution in [3.05, 3.63) is 53.6 Å². The number of benzene rings is 2.